The average Bonchev–Trinajstić information content (AvgIpc) is 2.73. The maximum atomic E-state index is 13.1. The first-order valence-corrected chi connectivity index (χ1v) is 7.67. The summed E-state index contributed by atoms with van der Waals surface area (Å²) >= 11 is 0. The van der Waals surface area contributed by atoms with E-state index in [1.165, 1.54) is 48.5 Å². The van der Waals surface area contributed by atoms with Gasteiger partial charge in [-0.1, -0.05) is 48.5 Å². The lowest BCUT2D eigenvalue weighted by Gasteiger charge is -2.03. The van der Waals surface area contributed by atoms with Crippen LogP contribution in [0, 0.1) is 46.5 Å². The van der Waals surface area contributed by atoms with Gasteiger partial charge < -0.3 is 0 Å². The number of hydrogen-bond donors (Lipinski definition) is 0. The van der Waals surface area contributed by atoms with Crippen LogP contribution in [0.3, 0.4) is 0 Å². The number of hydrogen-bond acceptors (Lipinski definition) is 0. The zero-order valence-corrected chi connectivity index (χ0v) is 13.6. The van der Waals surface area contributed by atoms with Crippen LogP contribution < -0.4 is 0 Å². The van der Waals surface area contributed by atoms with E-state index in [0.29, 0.717) is 0 Å². The second kappa shape index (κ2) is 7.46. The van der Waals surface area contributed by atoms with Gasteiger partial charge in [-0.15, -0.1) is 0 Å². The van der Waals surface area contributed by atoms with Crippen molar-refractivity contribution >= 4 is 21.5 Å². The van der Waals surface area contributed by atoms with Crippen molar-refractivity contribution in [1.82, 2.24) is 0 Å². The predicted molar refractivity (Wildman–Crippen MR) is 87.6 cm³/mol. The summed E-state index contributed by atoms with van der Waals surface area (Å²) in [6.07, 6.45) is 0. The number of halogens is 8. The third-order valence-corrected chi connectivity index (χ3v) is 3.96. The predicted octanol–water partition coefficient (Wildman–Crippen LogP) is 6.79. The normalized spacial score (nSPS) is 10.9. The highest BCUT2D eigenvalue weighted by atomic mass is 19.2. The van der Waals surface area contributed by atoms with Crippen molar-refractivity contribution in [3.63, 3.8) is 0 Å². The quantitative estimate of drug-likeness (QED) is 0.173. The van der Waals surface area contributed by atoms with Gasteiger partial charge in [0.1, 0.15) is 0 Å². The van der Waals surface area contributed by atoms with E-state index in [0.717, 1.165) is 0 Å². The molecular weight excluding hydrogens is 392 g/mol. The second-order valence-electron chi connectivity index (χ2n) is 5.60. The number of benzene rings is 4. The zero-order valence-electron chi connectivity index (χ0n) is 13.6. The van der Waals surface area contributed by atoms with Gasteiger partial charge in [0.15, 0.2) is 46.5 Å². The first kappa shape index (κ1) is 19.6. The first-order valence-electron chi connectivity index (χ1n) is 7.67. The molecule has 0 saturated carbocycles. The molecule has 0 aliphatic carbocycles. The minimum Gasteiger partial charge on any atom is -0.203 e. The molecule has 0 aromatic heterocycles. The third kappa shape index (κ3) is 3.15. The summed E-state index contributed by atoms with van der Waals surface area (Å²) in [7, 11) is 0. The van der Waals surface area contributed by atoms with Crippen molar-refractivity contribution < 1.29 is 35.1 Å². The molecule has 0 N–H and O–H groups in total. The Kier molecular flexibility index (Phi) is 5.22. The highest BCUT2D eigenvalue weighted by Gasteiger charge is 2.20. The Bertz CT molecular complexity index is 1010. The van der Waals surface area contributed by atoms with Gasteiger partial charge in [0.25, 0.3) is 0 Å². The van der Waals surface area contributed by atoms with E-state index < -0.39 is 46.5 Å². The molecule has 4 aromatic carbocycles. The molecule has 4 rings (SSSR count). The van der Waals surface area contributed by atoms with Gasteiger partial charge in [0.05, 0.1) is 0 Å². The molecule has 0 fully saturated rings. The van der Waals surface area contributed by atoms with Crippen LogP contribution in [0.5, 0.6) is 0 Å². The third-order valence-electron chi connectivity index (χ3n) is 3.96. The highest BCUT2D eigenvalue weighted by Crippen LogP contribution is 2.27. The molecule has 0 atom stereocenters. The van der Waals surface area contributed by atoms with Gasteiger partial charge >= 0.3 is 0 Å². The van der Waals surface area contributed by atoms with Crippen molar-refractivity contribution in [2.24, 2.45) is 0 Å². The molecule has 0 aliphatic rings. The molecule has 0 unspecified atom stereocenters. The largest absolute Gasteiger partial charge is 0.203 e. The fraction of sp³-hybridized carbons (Fsp3) is 0. The number of fused-ring (bicyclic) bond motifs is 2. The fourth-order valence-electron chi connectivity index (χ4n) is 2.59. The Morgan fingerprint density at radius 3 is 0.643 bits per heavy atom. The Morgan fingerprint density at radius 1 is 0.286 bits per heavy atom. The van der Waals surface area contributed by atoms with Gasteiger partial charge in [0.2, 0.25) is 0 Å². The van der Waals surface area contributed by atoms with E-state index >= 15 is 0 Å². The van der Waals surface area contributed by atoms with Crippen molar-refractivity contribution in [2.75, 3.05) is 0 Å². The molecule has 0 aliphatic heterocycles. The maximum Gasteiger partial charge on any atom is 0.198 e. The van der Waals surface area contributed by atoms with Crippen LogP contribution in [0.2, 0.25) is 0 Å². The average molecular weight is 400 g/mol. The lowest BCUT2D eigenvalue weighted by Crippen LogP contribution is -1.97. The summed E-state index contributed by atoms with van der Waals surface area (Å²) in [6, 6.07) is 10.4. The molecule has 144 valence electrons. The lowest BCUT2D eigenvalue weighted by molar-refractivity contribution is 0.418. The van der Waals surface area contributed by atoms with E-state index in [1.807, 2.05) is 0 Å². The molecular formula is C20H8F8. The number of rotatable bonds is 0. The molecule has 0 spiro atoms. The van der Waals surface area contributed by atoms with E-state index in [-0.39, 0.29) is 21.5 Å². The van der Waals surface area contributed by atoms with Crippen LogP contribution in [0.15, 0.2) is 48.5 Å². The lowest BCUT2D eigenvalue weighted by atomic mass is 10.1. The maximum absolute atomic E-state index is 13.1. The summed E-state index contributed by atoms with van der Waals surface area (Å²) < 4.78 is 103. The SMILES string of the molecule is Fc1c(F)c(F)c2ccccc2c1F.Fc1c(F)c(F)c2ccccc2c1F. The zero-order chi connectivity index (χ0) is 20.6. The smallest absolute Gasteiger partial charge is 0.198 e. The Labute approximate surface area is 152 Å². The molecule has 0 heterocycles. The second-order valence-corrected chi connectivity index (χ2v) is 5.60. The Balaban J connectivity index is 0.000000161. The minimum absolute atomic E-state index is 0.260. The summed E-state index contributed by atoms with van der Waals surface area (Å²) in [5.41, 5.74) is 0. The van der Waals surface area contributed by atoms with Crippen molar-refractivity contribution in [3.05, 3.63) is 95.1 Å². The van der Waals surface area contributed by atoms with Crippen molar-refractivity contribution in [2.45, 2.75) is 0 Å². The molecule has 28 heavy (non-hydrogen) atoms. The summed E-state index contributed by atoms with van der Waals surface area (Å²) in [4.78, 5) is 0. The van der Waals surface area contributed by atoms with Crippen LogP contribution in [-0.2, 0) is 0 Å². The minimum atomic E-state index is -1.78. The fourth-order valence-corrected chi connectivity index (χ4v) is 2.59. The van der Waals surface area contributed by atoms with Gasteiger partial charge in [-0.3, -0.25) is 0 Å². The molecule has 0 nitrogen and oxygen atoms in total. The molecule has 4 aromatic rings. The van der Waals surface area contributed by atoms with Gasteiger partial charge in [-0.2, -0.15) is 0 Å². The van der Waals surface area contributed by atoms with Gasteiger partial charge in [-0.05, 0) is 0 Å². The topological polar surface area (TPSA) is 0 Å². The van der Waals surface area contributed by atoms with Gasteiger partial charge in [0, 0.05) is 21.5 Å². The molecule has 0 amide bonds. The standard InChI is InChI=1S/2C10H4F4/c2*11-7-5-3-1-2-4-6(5)8(12)10(14)9(7)13/h2*1-4H. The highest BCUT2D eigenvalue weighted by molar-refractivity contribution is 5.84. The van der Waals surface area contributed by atoms with Crippen LogP contribution in [0.25, 0.3) is 21.5 Å². The summed E-state index contributed by atoms with van der Waals surface area (Å²) in [5.74, 6) is -12.6. The first-order chi connectivity index (χ1) is 13.3. The van der Waals surface area contributed by atoms with Crippen LogP contribution in [-0.4, -0.2) is 0 Å². The Hall–Kier alpha value is -3.16. The van der Waals surface area contributed by atoms with Crippen LogP contribution in [0.4, 0.5) is 35.1 Å². The monoisotopic (exact) mass is 400 g/mol. The van der Waals surface area contributed by atoms with E-state index in [1.54, 1.807) is 0 Å². The molecule has 8 heteroatoms. The van der Waals surface area contributed by atoms with Crippen molar-refractivity contribution in [1.29, 1.82) is 0 Å². The molecule has 0 saturated heterocycles. The molecule has 0 radical (unpaired) electrons. The van der Waals surface area contributed by atoms with E-state index in [2.05, 4.69) is 0 Å². The summed E-state index contributed by atoms with van der Waals surface area (Å²) in [5, 5.41) is -1.04. The Morgan fingerprint density at radius 2 is 0.464 bits per heavy atom. The van der Waals surface area contributed by atoms with E-state index in [4.69, 9.17) is 0 Å². The van der Waals surface area contributed by atoms with Crippen molar-refractivity contribution in [3.8, 4) is 0 Å². The summed E-state index contributed by atoms with van der Waals surface area (Å²) in [6.45, 7) is 0. The molecule has 0 bridgehead atoms. The van der Waals surface area contributed by atoms with Gasteiger partial charge in [-0.25, -0.2) is 35.1 Å². The van der Waals surface area contributed by atoms with Crippen LogP contribution in [0.1, 0.15) is 0 Å². The van der Waals surface area contributed by atoms with E-state index in [9.17, 15) is 35.1 Å². The van der Waals surface area contributed by atoms with Crippen LogP contribution >= 0.6 is 0 Å².